The molecule has 0 radical (unpaired) electrons. The van der Waals surface area contributed by atoms with E-state index < -0.39 is 35.9 Å². The second kappa shape index (κ2) is 19.4. The zero-order valence-electron chi connectivity index (χ0n) is 34.1. The molecular weight excluding hydrogens is 766 g/mol. The number of primary amides is 1. The summed E-state index contributed by atoms with van der Waals surface area (Å²) in [6.45, 7) is 3.80. The quantitative estimate of drug-likeness (QED) is 0.0572. The fourth-order valence-electron chi connectivity index (χ4n) is 8.55. The van der Waals surface area contributed by atoms with Crippen molar-refractivity contribution in [3.63, 3.8) is 0 Å². The second-order valence-electron chi connectivity index (χ2n) is 15.9. The number of rotatable bonds is 16. The Kier molecular flexibility index (Phi) is 13.6. The van der Waals surface area contributed by atoms with Crippen LogP contribution in [0.25, 0.3) is 10.8 Å². The molecule has 1 saturated carbocycles. The largest absolute Gasteiger partial charge is 0.496 e. The molecular formula is C47H52FN5O7. The van der Waals surface area contributed by atoms with E-state index in [1.54, 1.807) is 30.5 Å². The number of ether oxygens (including phenoxy) is 3. The predicted octanol–water partition coefficient (Wildman–Crippen LogP) is 6.35. The van der Waals surface area contributed by atoms with Gasteiger partial charge in [-0.15, -0.1) is 0 Å². The summed E-state index contributed by atoms with van der Waals surface area (Å²) in [5.74, 6) is 6.82. The number of carbonyl (C=O) groups is 4. The van der Waals surface area contributed by atoms with Crippen molar-refractivity contribution in [1.29, 1.82) is 0 Å². The number of pyridine rings is 1. The molecule has 0 bridgehead atoms. The van der Waals surface area contributed by atoms with E-state index >= 15 is 0 Å². The van der Waals surface area contributed by atoms with E-state index in [0.29, 0.717) is 45.6 Å². The van der Waals surface area contributed by atoms with Gasteiger partial charge in [0.1, 0.15) is 23.9 Å². The minimum absolute atomic E-state index is 0.0358. The normalized spacial score (nSPS) is 21.1. The number of nitrogens with one attached hydrogen (secondary N) is 3. The maximum absolute atomic E-state index is 14.4. The first-order chi connectivity index (χ1) is 29.1. The van der Waals surface area contributed by atoms with Crippen LogP contribution in [0, 0.1) is 29.6 Å². The van der Waals surface area contributed by atoms with E-state index in [1.165, 1.54) is 7.11 Å². The third kappa shape index (κ3) is 9.71. The van der Waals surface area contributed by atoms with Gasteiger partial charge in [0.15, 0.2) is 6.17 Å². The predicted molar refractivity (Wildman–Crippen MR) is 225 cm³/mol. The van der Waals surface area contributed by atoms with Gasteiger partial charge in [-0.25, -0.2) is 9.37 Å². The Balaban J connectivity index is 0.876. The number of hydrogen-bond acceptors (Lipinski definition) is 9. The Morgan fingerprint density at radius 3 is 2.57 bits per heavy atom. The van der Waals surface area contributed by atoms with Crippen molar-refractivity contribution in [3.05, 3.63) is 88.6 Å². The minimum atomic E-state index is -1.58. The van der Waals surface area contributed by atoms with E-state index in [2.05, 4.69) is 38.8 Å². The molecule has 1 saturated heterocycles. The SMILES string of the molecule is CC[C@@H]1[C@H](F)C(=O)N[C@@H]1COc1ncc(C#C[C@H]2CC[C@H](CNCCCCCc3ccccc3Oc3cccc4c3C(=O)NC(=O)C4)CC2)c2cc(C(N)=O)c(OC)cc12. The molecule has 3 atom stereocenters. The number of methoxy groups -OCH3 is 1. The monoisotopic (exact) mass is 817 g/mol. The lowest BCUT2D eigenvalue weighted by molar-refractivity contribution is -0.124. The van der Waals surface area contributed by atoms with Crippen LogP contribution < -0.4 is 35.9 Å². The lowest BCUT2D eigenvalue weighted by Gasteiger charge is -2.26. The van der Waals surface area contributed by atoms with Crippen LogP contribution in [0.3, 0.4) is 0 Å². The zero-order valence-corrected chi connectivity index (χ0v) is 34.1. The zero-order chi connectivity index (χ0) is 42.2. The topological polar surface area (TPSA) is 171 Å². The number of carbonyl (C=O) groups excluding carboxylic acids is 4. The highest BCUT2D eigenvalue weighted by Crippen LogP contribution is 2.35. The number of nitrogens with zero attached hydrogens (tertiary/aromatic N) is 1. The molecule has 5 N–H and O–H groups in total. The molecule has 13 heteroatoms. The van der Waals surface area contributed by atoms with Crippen molar-refractivity contribution < 1.29 is 37.8 Å². The van der Waals surface area contributed by atoms with E-state index in [0.717, 1.165) is 75.8 Å². The van der Waals surface area contributed by atoms with E-state index in [9.17, 15) is 23.6 Å². The average Bonchev–Trinajstić information content (AvgIpc) is 3.52. The lowest BCUT2D eigenvalue weighted by atomic mass is 9.82. The maximum Gasteiger partial charge on any atom is 0.261 e. The van der Waals surface area contributed by atoms with Gasteiger partial charge in [0, 0.05) is 28.8 Å². The molecule has 3 aliphatic rings. The summed E-state index contributed by atoms with van der Waals surface area (Å²) in [4.78, 5) is 53.3. The first-order valence-electron chi connectivity index (χ1n) is 20.9. The molecule has 0 spiro atoms. The summed E-state index contributed by atoms with van der Waals surface area (Å²) in [7, 11) is 1.45. The molecule has 0 unspecified atom stereocenters. The lowest BCUT2D eigenvalue weighted by Crippen LogP contribution is -2.37. The van der Waals surface area contributed by atoms with Crippen LogP contribution in [0.4, 0.5) is 4.39 Å². The first kappa shape index (κ1) is 42.1. The highest BCUT2D eigenvalue weighted by molar-refractivity contribution is 6.11. The molecule has 3 heterocycles. The molecule has 12 nitrogen and oxygen atoms in total. The summed E-state index contributed by atoms with van der Waals surface area (Å²) < 4.78 is 32.2. The van der Waals surface area contributed by atoms with Gasteiger partial charge in [0.05, 0.1) is 36.3 Å². The molecule has 4 aromatic rings. The molecule has 60 heavy (non-hydrogen) atoms. The number of hydrogen-bond donors (Lipinski definition) is 4. The molecule has 1 aliphatic carbocycles. The second-order valence-corrected chi connectivity index (χ2v) is 15.9. The highest BCUT2D eigenvalue weighted by Gasteiger charge is 2.42. The molecule has 2 aliphatic heterocycles. The Morgan fingerprint density at radius 2 is 1.78 bits per heavy atom. The number of aryl methyl sites for hydroxylation is 1. The first-order valence-corrected chi connectivity index (χ1v) is 20.9. The molecule has 1 aromatic heterocycles. The number of imide groups is 1. The van der Waals surface area contributed by atoms with Crippen LogP contribution >= 0.6 is 0 Å². The minimum Gasteiger partial charge on any atom is -0.496 e. The molecule has 4 amide bonds. The van der Waals surface area contributed by atoms with Crippen molar-refractivity contribution in [2.75, 3.05) is 26.8 Å². The molecule has 7 rings (SSSR count). The third-order valence-electron chi connectivity index (χ3n) is 11.9. The fourth-order valence-corrected chi connectivity index (χ4v) is 8.55. The van der Waals surface area contributed by atoms with Crippen LogP contribution in [0.5, 0.6) is 23.1 Å². The van der Waals surface area contributed by atoms with Gasteiger partial charge in [-0.1, -0.05) is 55.5 Å². The number of aromatic nitrogens is 1. The van der Waals surface area contributed by atoms with Crippen LogP contribution in [-0.2, 0) is 22.4 Å². The summed E-state index contributed by atoms with van der Waals surface area (Å²) in [5, 5.41) is 9.96. The number of nitrogens with two attached hydrogens (primary N) is 1. The number of benzene rings is 3. The molecule has 3 aromatic carbocycles. The smallest absolute Gasteiger partial charge is 0.261 e. The molecule has 314 valence electrons. The number of amides is 4. The van der Waals surface area contributed by atoms with Gasteiger partial charge in [0.2, 0.25) is 11.8 Å². The van der Waals surface area contributed by atoms with Crippen molar-refractivity contribution in [2.45, 2.75) is 83.3 Å². The van der Waals surface area contributed by atoms with Crippen molar-refractivity contribution in [3.8, 4) is 35.0 Å². The van der Waals surface area contributed by atoms with Gasteiger partial charge < -0.3 is 30.6 Å². The van der Waals surface area contributed by atoms with Gasteiger partial charge in [-0.2, -0.15) is 0 Å². The summed E-state index contributed by atoms with van der Waals surface area (Å²) in [6.07, 6.45) is 8.81. The van der Waals surface area contributed by atoms with E-state index in [4.69, 9.17) is 19.9 Å². The number of fused-ring (bicyclic) bond motifs is 2. The van der Waals surface area contributed by atoms with Crippen LogP contribution in [0.15, 0.2) is 60.8 Å². The summed E-state index contributed by atoms with van der Waals surface area (Å²) in [6, 6.07) is 16.1. The fraction of sp³-hybridized carbons (Fsp3) is 0.426. The van der Waals surface area contributed by atoms with Crippen molar-refractivity contribution in [1.82, 2.24) is 20.9 Å². The number of para-hydroxylation sites is 1. The Bertz CT molecular complexity index is 2310. The van der Waals surface area contributed by atoms with Gasteiger partial charge in [-0.3, -0.25) is 24.5 Å². The van der Waals surface area contributed by atoms with Crippen molar-refractivity contribution in [2.24, 2.45) is 23.5 Å². The highest BCUT2D eigenvalue weighted by atomic mass is 19.1. The van der Waals surface area contributed by atoms with Crippen LogP contribution in [0.1, 0.15) is 95.7 Å². The van der Waals surface area contributed by atoms with Crippen LogP contribution in [-0.4, -0.2) is 67.6 Å². The number of halogens is 1. The Hall–Kier alpha value is -6.00. The summed E-state index contributed by atoms with van der Waals surface area (Å²) >= 11 is 0. The number of alkyl halides is 1. The van der Waals surface area contributed by atoms with E-state index in [1.807, 2.05) is 31.2 Å². The Morgan fingerprint density at radius 1 is 0.983 bits per heavy atom. The van der Waals surface area contributed by atoms with Gasteiger partial charge in [-0.05, 0) is 106 Å². The standard InChI is InChI=1S/C47H52FN5O7/c1-3-33-37(52-46(57)43(33)48)27-59-47-35-24-40(58-2)36(44(49)55)23-34(35)32(26-51-47)20-19-28-15-17-29(18-16-28)25-50-21-8-4-5-10-30-11-6-7-13-38(30)60-39-14-9-12-31-22-41(54)53-45(56)42(31)39/h6-7,9,11-14,23-24,26,28-29,33,37,43,50H,3-5,8,10,15-18,21-22,25,27H2,1-2H3,(H2,49,55)(H,52,57)(H,53,54,56)/t28-,29-,33-,37+,43-/m0/s1. The van der Waals surface area contributed by atoms with E-state index in [-0.39, 0.29) is 42.0 Å². The average molecular weight is 818 g/mol. The van der Waals surface area contributed by atoms with Gasteiger partial charge in [0.25, 0.3) is 17.7 Å². The van der Waals surface area contributed by atoms with Crippen molar-refractivity contribution >= 4 is 34.4 Å². The third-order valence-corrected chi connectivity index (χ3v) is 11.9. The van der Waals surface area contributed by atoms with Crippen LogP contribution in [0.2, 0.25) is 0 Å². The summed E-state index contributed by atoms with van der Waals surface area (Å²) in [5.41, 5.74) is 8.72. The molecule has 2 fully saturated rings. The van der Waals surface area contributed by atoms with Gasteiger partial charge >= 0.3 is 0 Å². The number of unbranched alkanes of at least 4 members (excludes halogenated alkanes) is 2. The maximum atomic E-state index is 14.4. The Labute approximate surface area is 349 Å².